The molecule has 1 amide bonds. The molecule has 152 valence electrons. The molecule has 0 fully saturated rings. The molecule has 0 aliphatic heterocycles. The highest BCUT2D eigenvalue weighted by Gasteiger charge is 2.28. The minimum atomic E-state index is -3.16. The Labute approximate surface area is 166 Å². The minimum absolute atomic E-state index is 0.0134. The lowest BCUT2D eigenvalue weighted by molar-refractivity contribution is -0.0531. The maximum Gasteiger partial charge on any atom is 0.415 e. The van der Waals surface area contributed by atoms with E-state index in [1.54, 1.807) is 45.0 Å². The first kappa shape index (κ1) is 21.6. The second-order valence-electron chi connectivity index (χ2n) is 6.65. The van der Waals surface area contributed by atoms with Gasteiger partial charge in [0.05, 0.1) is 13.7 Å². The van der Waals surface area contributed by atoms with Gasteiger partial charge in [0.25, 0.3) is 5.88 Å². The Morgan fingerprint density at radius 2 is 1.86 bits per heavy atom. The molecule has 28 heavy (non-hydrogen) atoms. The predicted molar refractivity (Wildman–Crippen MR) is 99.1 cm³/mol. The Hall–Kier alpha value is -2.68. The van der Waals surface area contributed by atoms with Gasteiger partial charge in [-0.1, -0.05) is 23.7 Å². The first-order chi connectivity index (χ1) is 13.1. The van der Waals surface area contributed by atoms with Crippen LogP contribution in [-0.2, 0) is 11.3 Å². The second-order valence-corrected chi connectivity index (χ2v) is 7.04. The number of carbonyl (C=O) groups is 1. The molecule has 0 N–H and O–H groups in total. The van der Waals surface area contributed by atoms with E-state index in [0.29, 0.717) is 11.3 Å². The Kier molecular flexibility index (Phi) is 6.95. The average molecular weight is 416 g/mol. The van der Waals surface area contributed by atoms with E-state index in [1.807, 2.05) is 0 Å². The number of halogens is 3. The highest BCUT2D eigenvalue weighted by atomic mass is 35.5. The quantitative estimate of drug-likeness (QED) is 0.681. The van der Waals surface area contributed by atoms with Crippen LogP contribution in [0, 0.1) is 0 Å². The lowest BCUT2D eigenvalue weighted by Crippen LogP contribution is -2.37. The van der Waals surface area contributed by atoms with Crippen molar-refractivity contribution in [1.29, 1.82) is 0 Å². The van der Waals surface area contributed by atoms with Crippen molar-refractivity contribution >= 4 is 23.4 Å². The van der Waals surface area contributed by atoms with Crippen LogP contribution in [-0.4, -0.2) is 35.6 Å². The maximum absolute atomic E-state index is 12.8. The number of ether oxygens (including phenoxy) is 3. The first-order valence-corrected chi connectivity index (χ1v) is 8.58. The van der Waals surface area contributed by atoms with Crippen LogP contribution < -0.4 is 14.4 Å². The van der Waals surface area contributed by atoms with E-state index < -0.39 is 24.2 Å². The normalized spacial score (nSPS) is 11.3. The number of rotatable bonds is 6. The number of anilines is 1. The van der Waals surface area contributed by atoms with Gasteiger partial charge in [-0.2, -0.15) is 8.78 Å². The number of alkyl halides is 2. The third-order valence-corrected chi connectivity index (χ3v) is 3.50. The molecule has 0 atom stereocenters. The highest BCUT2D eigenvalue weighted by Crippen LogP contribution is 2.31. The average Bonchev–Trinajstić information content (AvgIpc) is 2.60. The Morgan fingerprint density at radius 3 is 2.39 bits per heavy atom. The summed E-state index contributed by atoms with van der Waals surface area (Å²) in [4.78, 5) is 13.9. The third kappa shape index (κ3) is 6.19. The van der Waals surface area contributed by atoms with Crippen LogP contribution in [0.5, 0.6) is 11.6 Å². The van der Waals surface area contributed by atoms with Crippen molar-refractivity contribution in [3.8, 4) is 11.6 Å². The van der Waals surface area contributed by atoms with Crippen molar-refractivity contribution in [3.05, 3.63) is 41.0 Å². The molecular weight excluding hydrogens is 396 g/mol. The number of carbonyl (C=O) groups excluding carboxylic acids is 1. The fraction of sp³-hybridized carbons (Fsp3) is 0.389. The second kappa shape index (κ2) is 9.01. The summed E-state index contributed by atoms with van der Waals surface area (Å²) >= 11 is 5.87. The lowest BCUT2D eigenvalue weighted by atomic mass is 10.2. The van der Waals surface area contributed by atoms with E-state index in [4.69, 9.17) is 21.1 Å². The molecule has 0 spiro atoms. The smallest absolute Gasteiger partial charge is 0.415 e. The zero-order valence-corrected chi connectivity index (χ0v) is 16.5. The molecule has 1 aromatic carbocycles. The molecule has 0 saturated heterocycles. The van der Waals surface area contributed by atoms with Crippen LogP contribution in [0.2, 0.25) is 5.15 Å². The van der Waals surface area contributed by atoms with E-state index in [1.165, 1.54) is 13.2 Å². The summed E-state index contributed by atoms with van der Waals surface area (Å²) in [6.07, 6.45) is -0.786. The Bertz CT molecular complexity index is 813. The molecule has 1 heterocycles. The Balaban J connectivity index is 2.45. The van der Waals surface area contributed by atoms with Crippen LogP contribution in [0.1, 0.15) is 26.3 Å². The standard InChI is InChI=1S/C18H20ClF2N3O4/c1-18(2,3)28-17(25)24(10-11-5-7-12(26-4)8-6-11)13-9-14(19)22-23-15(13)27-16(20)21/h5-9,16H,10H2,1-4H3. The van der Waals surface area contributed by atoms with Gasteiger partial charge in [0.2, 0.25) is 0 Å². The fourth-order valence-electron chi connectivity index (χ4n) is 2.19. The van der Waals surface area contributed by atoms with Crippen LogP contribution in [0.25, 0.3) is 0 Å². The number of methoxy groups -OCH3 is 1. The molecular formula is C18H20ClF2N3O4. The van der Waals surface area contributed by atoms with E-state index >= 15 is 0 Å². The van der Waals surface area contributed by atoms with Gasteiger partial charge >= 0.3 is 12.7 Å². The molecule has 0 saturated carbocycles. The van der Waals surface area contributed by atoms with Gasteiger partial charge in [-0.15, -0.1) is 10.2 Å². The van der Waals surface area contributed by atoms with Crippen LogP contribution in [0.15, 0.2) is 30.3 Å². The molecule has 0 aliphatic rings. The van der Waals surface area contributed by atoms with Crippen LogP contribution >= 0.6 is 11.6 Å². The zero-order valence-electron chi connectivity index (χ0n) is 15.8. The summed E-state index contributed by atoms with van der Waals surface area (Å²) in [7, 11) is 1.53. The van der Waals surface area contributed by atoms with Crippen molar-refractivity contribution in [2.45, 2.75) is 39.5 Å². The number of amides is 1. The Morgan fingerprint density at radius 1 is 1.21 bits per heavy atom. The maximum atomic E-state index is 12.8. The van der Waals surface area contributed by atoms with Gasteiger partial charge in [0.1, 0.15) is 17.0 Å². The van der Waals surface area contributed by atoms with Gasteiger partial charge in [0.15, 0.2) is 5.15 Å². The SMILES string of the molecule is COc1ccc(CN(C(=O)OC(C)(C)C)c2cc(Cl)nnc2OC(F)F)cc1. The molecule has 0 aliphatic carbocycles. The summed E-state index contributed by atoms with van der Waals surface area (Å²) in [5.74, 6) is 0.0849. The summed E-state index contributed by atoms with van der Waals surface area (Å²) in [6, 6.07) is 8.06. The molecule has 10 heteroatoms. The zero-order chi connectivity index (χ0) is 20.9. The number of aromatic nitrogens is 2. The van der Waals surface area contributed by atoms with E-state index in [2.05, 4.69) is 14.9 Å². The summed E-state index contributed by atoms with van der Waals surface area (Å²) in [5.41, 5.74) is -0.226. The van der Waals surface area contributed by atoms with Crippen LogP contribution in [0.3, 0.4) is 0 Å². The van der Waals surface area contributed by atoms with Gasteiger partial charge in [-0.05, 0) is 38.5 Å². The van der Waals surface area contributed by atoms with Crippen molar-refractivity contribution in [2.24, 2.45) is 0 Å². The van der Waals surface area contributed by atoms with Crippen molar-refractivity contribution in [3.63, 3.8) is 0 Å². The van der Waals surface area contributed by atoms with Crippen molar-refractivity contribution in [2.75, 3.05) is 12.0 Å². The summed E-state index contributed by atoms with van der Waals surface area (Å²) < 4.78 is 40.5. The molecule has 0 radical (unpaired) electrons. The molecule has 0 unspecified atom stereocenters. The number of nitrogens with zero attached hydrogens (tertiary/aromatic N) is 3. The lowest BCUT2D eigenvalue weighted by Gasteiger charge is -2.28. The van der Waals surface area contributed by atoms with Crippen LogP contribution in [0.4, 0.5) is 19.3 Å². The minimum Gasteiger partial charge on any atom is -0.497 e. The number of benzene rings is 1. The summed E-state index contributed by atoms with van der Waals surface area (Å²) in [6.45, 7) is 1.89. The van der Waals surface area contributed by atoms with Gasteiger partial charge < -0.3 is 14.2 Å². The van der Waals surface area contributed by atoms with E-state index in [9.17, 15) is 13.6 Å². The van der Waals surface area contributed by atoms with Gasteiger partial charge in [-0.25, -0.2) is 4.79 Å². The summed E-state index contributed by atoms with van der Waals surface area (Å²) in [5, 5.41) is 6.94. The largest absolute Gasteiger partial charge is 0.497 e. The monoisotopic (exact) mass is 415 g/mol. The van der Waals surface area contributed by atoms with Crippen molar-refractivity contribution in [1.82, 2.24) is 10.2 Å². The number of hydrogen-bond donors (Lipinski definition) is 0. The molecule has 7 nitrogen and oxygen atoms in total. The first-order valence-electron chi connectivity index (χ1n) is 8.20. The predicted octanol–water partition coefficient (Wildman–Crippen LogP) is 4.68. The molecule has 1 aromatic heterocycles. The topological polar surface area (TPSA) is 73.8 Å². The molecule has 2 rings (SSSR count). The molecule has 0 bridgehead atoms. The highest BCUT2D eigenvalue weighted by molar-refractivity contribution is 6.29. The van der Waals surface area contributed by atoms with Gasteiger partial charge in [-0.3, -0.25) is 4.90 Å². The van der Waals surface area contributed by atoms with E-state index in [0.717, 1.165) is 4.90 Å². The van der Waals surface area contributed by atoms with Gasteiger partial charge in [0, 0.05) is 6.07 Å². The fourth-order valence-corrected chi connectivity index (χ4v) is 2.33. The molecule has 2 aromatic rings. The van der Waals surface area contributed by atoms with Crippen molar-refractivity contribution < 1.29 is 27.8 Å². The third-order valence-electron chi connectivity index (χ3n) is 3.32. The van der Waals surface area contributed by atoms with E-state index in [-0.39, 0.29) is 17.4 Å². The number of hydrogen-bond acceptors (Lipinski definition) is 6.